The van der Waals surface area contributed by atoms with E-state index in [1.165, 1.54) is 19.2 Å². The highest BCUT2D eigenvalue weighted by molar-refractivity contribution is 7.88. The lowest BCUT2D eigenvalue weighted by Gasteiger charge is -2.32. The molecule has 3 aromatic rings. The van der Waals surface area contributed by atoms with Crippen molar-refractivity contribution in [2.24, 2.45) is 0 Å². The van der Waals surface area contributed by atoms with Gasteiger partial charge < -0.3 is 28.9 Å². The molecule has 0 saturated carbocycles. The molecule has 2 aromatic carbocycles. The van der Waals surface area contributed by atoms with Crippen molar-refractivity contribution < 1.29 is 44.8 Å². The van der Waals surface area contributed by atoms with Crippen LogP contribution in [0.3, 0.4) is 0 Å². The third-order valence-electron chi connectivity index (χ3n) is 6.54. The van der Waals surface area contributed by atoms with Crippen molar-refractivity contribution in [1.29, 1.82) is 0 Å². The van der Waals surface area contributed by atoms with Crippen molar-refractivity contribution in [2.45, 2.75) is 56.4 Å². The van der Waals surface area contributed by atoms with Crippen LogP contribution < -0.4 is 9.50 Å². The molecule has 2 heterocycles. The second kappa shape index (κ2) is 13.7. The van der Waals surface area contributed by atoms with Crippen molar-refractivity contribution in [3.63, 3.8) is 0 Å². The summed E-state index contributed by atoms with van der Waals surface area (Å²) < 4.78 is 74.5. The number of nitrogens with zero attached hydrogens (tertiary/aromatic N) is 2. The summed E-state index contributed by atoms with van der Waals surface area (Å²) in [5.74, 6) is -0.285. The molecule has 4 atom stereocenters. The lowest BCUT2D eigenvalue weighted by Crippen LogP contribution is -2.53. The van der Waals surface area contributed by atoms with Crippen molar-refractivity contribution in [2.75, 3.05) is 21.3 Å². The van der Waals surface area contributed by atoms with Crippen LogP contribution in [0.5, 0.6) is 5.75 Å². The van der Waals surface area contributed by atoms with Gasteiger partial charge in [0, 0.05) is 32.8 Å². The molecular weight excluding hydrogens is 589 g/mol. The molecule has 41 heavy (non-hydrogen) atoms. The largest absolute Gasteiger partial charge is 0.534 e. The van der Waals surface area contributed by atoms with Gasteiger partial charge in [-0.3, -0.25) is 9.59 Å². The maximum atomic E-state index is 13.4. The number of benzene rings is 2. The van der Waals surface area contributed by atoms with Gasteiger partial charge in [-0.05, 0) is 56.3 Å². The minimum Gasteiger partial charge on any atom is -0.388 e. The Hall–Kier alpha value is -3.08. The maximum absolute atomic E-state index is 13.4. The number of ether oxygens (including phenoxy) is 2. The topological polar surface area (TPSA) is 140 Å². The highest BCUT2D eigenvalue weighted by atomic mass is 32.2. The van der Waals surface area contributed by atoms with Crippen LogP contribution in [-0.2, 0) is 29.2 Å². The number of imidazole rings is 1. The van der Waals surface area contributed by atoms with Crippen LogP contribution >= 0.6 is 13.5 Å². The van der Waals surface area contributed by atoms with Crippen LogP contribution in [0.2, 0.25) is 0 Å². The summed E-state index contributed by atoms with van der Waals surface area (Å²) in [5.41, 5.74) is -4.43. The smallest absolute Gasteiger partial charge is 0.388 e. The molecule has 0 aliphatic carbocycles. The molecule has 4 rings (SSSR count). The lowest BCUT2D eigenvalue weighted by molar-refractivity contribution is -0.141. The second-order valence-corrected chi connectivity index (χ2v) is 10.8. The van der Waals surface area contributed by atoms with E-state index in [0.29, 0.717) is 46.9 Å². The number of nitrogens with one attached hydrogen (secondary N) is 2. The van der Waals surface area contributed by atoms with Gasteiger partial charge in [0.1, 0.15) is 17.6 Å². The zero-order valence-corrected chi connectivity index (χ0v) is 24.8. The number of fused-ring (bicyclic) bond motifs is 3. The standard InChI is InChI=1S/C23H25F3N4O6S.C2H6O.H2S/c1-12-4-9-18(30(12)22(32)19(27-11-31)13(2)35-3)21-28-17-8-5-14-10-15(6-7-16(14)20(17)29-21)36-37(33,34)23(24,25)26;1-3-2;/h5-8,10-13,18-19H,4,9H2,1-3H3,(H,27,31)(H,28,29);1-2H3;1H2/t12?,13-,18?,19+;;/m1../s1. The van der Waals surface area contributed by atoms with Gasteiger partial charge in [-0.2, -0.15) is 35.1 Å². The molecule has 0 radical (unpaired) electrons. The fraction of sp³-hybridized carbons (Fsp3) is 0.480. The number of hydrogen-bond acceptors (Lipinski definition) is 8. The maximum Gasteiger partial charge on any atom is 0.534 e. The fourth-order valence-electron chi connectivity index (χ4n) is 4.58. The number of H-pyrrole nitrogens is 1. The van der Waals surface area contributed by atoms with Gasteiger partial charge in [0.25, 0.3) is 0 Å². The third-order valence-corrected chi connectivity index (χ3v) is 7.52. The summed E-state index contributed by atoms with van der Waals surface area (Å²) in [6.45, 7) is 3.59. The zero-order valence-electron chi connectivity index (χ0n) is 23.0. The van der Waals surface area contributed by atoms with Crippen LogP contribution in [0.25, 0.3) is 21.8 Å². The molecule has 0 bridgehead atoms. The average molecular weight is 623 g/mol. The Morgan fingerprint density at radius 2 is 1.85 bits per heavy atom. The van der Waals surface area contributed by atoms with Crippen LogP contribution in [0, 0.1) is 0 Å². The molecule has 1 saturated heterocycles. The molecule has 1 aromatic heterocycles. The molecule has 16 heteroatoms. The molecule has 11 nitrogen and oxygen atoms in total. The first-order valence-electron chi connectivity index (χ1n) is 12.2. The van der Waals surface area contributed by atoms with Crippen molar-refractivity contribution in [3.8, 4) is 5.75 Å². The van der Waals surface area contributed by atoms with E-state index in [9.17, 15) is 31.2 Å². The number of carbonyl (C=O) groups is 2. The van der Waals surface area contributed by atoms with Gasteiger partial charge in [-0.25, -0.2) is 4.98 Å². The Labute approximate surface area is 242 Å². The Balaban J connectivity index is 0.00000141. The van der Waals surface area contributed by atoms with Gasteiger partial charge in [-0.1, -0.05) is 6.07 Å². The predicted molar refractivity (Wildman–Crippen MR) is 150 cm³/mol. The summed E-state index contributed by atoms with van der Waals surface area (Å²) in [6, 6.07) is 5.55. The van der Waals surface area contributed by atoms with Gasteiger partial charge in [0.05, 0.1) is 23.2 Å². The van der Waals surface area contributed by atoms with Gasteiger partial charge >= 0.3 is 15.6 Å². The summed E-state index contributed by atoms with van der Waals surface area (Å²) >= 11 is 0. The summed E-state index contributed by atoms with van der Waals surface area (Å²) in [4.78, 5) is 34.1. The summed E-state index contributed by atoms with van der Waals surface area (Å²) in [5, 5.41) is 3.50. The number of methoxy groups -OCH3 is 2. The van der Waals surface area contributed by atoms with E-state index in [1.54, 1.807) is 38.2 Å². The molecule has 0 spiro atoms. The predicted octanol–water partition coefficient (Wildman–Crippen LogP) is 3.52. The van der Waals surface area contributed by atoms with Crippen LogP contribution in [0.15, 0.2) is 30.3 Å². The van der Waals surface area contributed by atoms with E-state index in [2.05, 4.69) is 19.2 Å². The summed E-state index contributed by atoms with van der Waals surface area (Å²) in [6.07, 6.45) is 1.22. The number of alkyl halides is 3. The first-order chi connectivity index (χ1) is 18.8. The zero-order chi connectivity index (χ0) is 29.8. The highest BCUT2D eigenvalue weighted by Gasteiger charge is 2.48. The van der Waals surface area contributed by atoms with E-state index in [-0.39, 0.29) is 25.4 Å². The monoisotopic (exact) mass is 622 g/mol. The van der Waals surface area contributed by atoms with Crippen LogP contribution in [-0.4, -0.2) is 80.6 Å². The van der Waals surface area contributed by atoms with Crippen LogP contribution in [0.1, 0.15) is 38.6 Å². The van der Waals surface area contributed by atoms with Crippen LogP contribution in [0.4, 0.5) is 13.2 Å². The Bertz CT molecular complexity index is 1470. The number of hydrogen-bond donors (Lipinski definition) is 2. The van der Waals surface area contributed by atoms with Crippen molar-refractivity contribution >= 4 is 57.7 Å². The highest BCUT2D eigenvalue weighted by Crippen LogP contribution is 2.38. The minimum atomic E-state index is -5.80. The van der Waals surface area contributed by atoms with E-state index < -0.39 is 39.6 Å². The first-order valence-corrected chi connectivity index (χ1v) is 13.6. The molecule has 1 aliphatic rings. The van der Waals surface area contributed by atoms with Gasteiger partial charge in [0.2, 0.25) is 12.3 Å². The van der Waals surface area contributed by atoms with Gasteiger partial charge in [0.15, 0.2) is 0 Å². The van der Waals surface area contributed by atoms with E-state index in [0.717, 1.165) is 6.07 Å². The molecule has 2 N–H and O–H groups in total. The SMILES string of the molecule is COC.CO[C@H](C)[C@H](NC=O)C(=O)N1C(C)CCC1c1nc2c(ccc3cc(OS(=O)(=O)C(F)(F)F)ccc32)[nH]1.S. The van der Waals surface area contributed by atoms with Crippen molar-refractivity contribution in [3.05, 3.63) is 36.2 Å². The molecule has 2 amide bonds. The second-order valence-electron chi connectivity index (χ2n) is 9.25. The number of likely N-dealkylation sites (tertiary alicyclic amines) is 1. The fourth-order valence-corrected chi connectivity index (χ4v) is 5.04. The van der Waals surface area contributed by atoms with E-state index in [1.807, 2.05) is 6.92 Å². The molecule has 2 unspecified atom stereocenters. The molecular formula is C25H33F3N4O7S2. The Morgan fingerprint density at radius 3 is 2.44 bits per heavy atom. The molecule has 1 aliphatic heterocycles. The number of carbonyl (C=O) groups excluding carboxylic acids is 2. The minimum absolute atomic E-state index is 0. The number of rotatable bonds is 8. The Morgan fingerprint density at radius 1 is 1.20 bits per heavy atom. The normalized spacial score (nSPS) is 18.7. The number of amides is 2. The number of aromatic nitrogens is 2. The first kappa shape index (κ1) is 34.1. The van der Waals surface area contributed by atoms with Crippen molar-refractivity contribution in [1.82, 2.24) is 20.2 Å². The molecule has 1 fully saturated rings. The summed E-state index contributed by atoms with van der Waals surface area (Å²) in [7, 11) is -1.11. The number of aromatic amines is 1. The molecule has 228 valence electrons. The Kier molecular flexibility index (Phi) is 11.4. The van der Waals surface area contributed by atoms with E-state index in [4.69, 9.17) is 9.72 Å². The van der Waals surface area contributed by atoms with E-state index >= 15 is 0 Å². The average Bonchev–Trinajstić information content (AvgIpc) is 3.49. The number of halogens is 3. The van der Waals surface area contributed by atoms with Gasteiger partial charge in [-0.15, -0.1) is 0 Å². The lowest BCUT2D eigenvalue weighted by atomic mass is 10.1. The third kappa shape index (κ3) is 7.23. The quantitative estimate of drug-likeness (QED) is 0.221.